The van der Waals surface area contributed by atoms with Gasteiger partial charge in [-0.05, 0) is 19.9 Å². The Bertz CT molecular complexity index is 1330. The number of nitrogens with zero attached hydrogens (tertiary/aromatic N) is 6. The molecule has 0 aliphatic carbocycles. The fraction of sp³-hybridized carbons (Fsp3) is 0.500. The Labute approximate surface area is 204 Å². The van der Waals surface area contributed by atoms with Crippen molar-refractivity contribution in [3.05, 3.63) is 59.2 Å². The fourth-order valence-corrected chi connectivity index (χ4v) is 5.56. The Morgan fingerprint density at radius 1 is 1.20 bits per heavy atom. The van der Waals surface area contributed by atoms with Crippen LogP contribution in [-0.4, -0.2) is 59.6 Å². The second-order valence-corrected chi connectivity index (χ2v) is 10.5. The number of hydrogen-bond donors (Lipinski definition) is 1. The van der Waals surface area contributed by atoms with E-state index in [9.17, 15) is 22.8 Å². The van der Waals surface area contributed by atoms with Gasteiger partial charge in [0.1, 0.15) is 10.8 Å². The lowest BCUT2D eigenvalue weighted by Gasteiger charge is -2.22. The normalized spacial score (nSPS) is 19.5. The second kappa shape index (κ2) is 9.62. The molecular weight excluding hydrogens is 509 g/mol. The molecule has 1 N–H and O–H groups in total. The topological polar surface area (TPSA) is 123 Å². The van der Waals surface area contributed by atoms with Crippen LogP contribution < -0.4 is 11.1 Å². The number of aromatic nitrogens is 5. The Hall–Kier alpha value is -2.91. The summed E-state index contributed by atoms with van der Waals surface area (Å²) in [6.07, 6.45) is -1.52. The van der Waals surface area contributed by atoms with Crippen LogP contribution in [-0.2, 0) is 30.8 Å². The van der Waals surface area contributed by atoms with E-state index in [4.69, 9.17) is 9.90 Å². The summed E-state index contributed by atoms with van der Waals surface area (Å²) in [6, 6.07) is 0. The molecule has 1 saturated heterocycles. The Balaban J connectivity index is 0.000000364. The fourth-order valence-electron chi connectivity index (χ4n) is 4.30. The van der Waals surface area contributed by atoms with Crippen LogP contribution in [0.5, 0.6) is 0 Å². The molecule has 0 saturated carbocycles. The quantitative estimate of drug-likeness (QED) is 0.507. The number of halogens is 3. The van der Waals surface area contributed by atoms with E-state index < -0.39 is 23.3 Å². The Morgan fingerprint density at radius 3 is 2.54 bits per heavy atom. The number of rotatable bonds is 4. The molecule has 1 unspecified atom stereocenters. The molecular formula is C20H21F3N6O4S2. The van der Waals surface area contributed by atoms with Gasteiger partial charge in [0.15, 0.2) is 0 Å². The molecule has 188 valence electrons. The lowest BCUT2D eigenvalue weighted by atomic mass is 9.86. The molecule has 0 bridgehead atoms. The Morgan fingerprint density at radius 2 is 1.94 bits per heavy atom. The zero-order valence-corrected chi connectivity index (χ0v) is 20.1. The molecule has 0 aromatic carbocycles. The highest BCUT2D eigenvalue weighted by Gasteiger charge is 2.44. The molecule has 2 aliphatic rings. The van der Waals surface area contributed by atoms with Crippen molar-refractivity contribution in [2.75, 3.05) is 13.1 Å². The van der Waals surface area contributed by atoms with Crippen molar-refractivity contribution in [2.24, 2.45) is 5.41 Å². The van der Waals surface area contributed by atoms with Gasteiger partial charge in [0, 0.05) is 41.9 Å². The van der Waals surface area contributed by atoms with Crippen LogP contribution in [0.15, 0.2) is 26.5 Å². The lowest BCUT2D eigenvalue weighted by molar-refractivity contribution is -0.192. The zero-order chi connectivity index (χ0) is 25.4. The van der Waals surface area contributed by atoms with Gasteiger partial charge in [0.25, 0.3) is 0 Å². The van der Waals surface area contributed by atoms with Gasteiger partial charge >= 0.3 is 23.3 Å². The van der Waals surface area contributed by atoms with Crippen molar-refractivity contribution < 1.29 is 23.1 Å². The number of thiazole rings is 2. The Kier molecular flexibility index (Phi) is 6.92. The maximum Gasteiger partial charge on any atom is 0.490 e. The van der Waals surface area contributed by atoms with E-state index in [1.54, 1.807) is 15.9 Å². The summed E-state index contributed by atoms with van der Waals surface area (Å²) >= 11 is 3.20. The molecule has 1 fully saturated rings. The number of aliphatic carboxylic acids is 1. The first-order valence-electron chi connectivity index (χ1n) is 10.5. The molecule has 2 aliphatic heterocycles. The summed E-state index contributed by atoms with van der Waals surface area (Å²) in [5.41, 5.74) is -0.278. The molecule has 5 rings (SSSR count). The summed E-state index contributed by atoms with van der Waals surface area (Å²) in [6.45, 7) is 5.46. The van der Waals surface area contributed by atoms with Gasteiger partial charge in [-0.2, -0.15) is 18.3 Å². The van der Waals surface area contributed by atoms with Gasteiger partial charge in [-0.3, -0.25) is 19.1 Å². The smallest absolute Gasteiger partial charge is 0.475 e. The van der Waals surface area contributed by atoms with Crippen molar-refractivity contribution in [2.45, 2.75) is 45.6 Å². The molecule has 35 heavy (non-hydrogen) atoms. The van der Waals surface area contributed by atoms with Crippen LogP contribution >= 0.6 is 22.7 Å². The number of hydrogen-bond acceptors (Lipinski definition) is 9. The molecule has 1 spiro atoms. The van der Waals surface area contributed by atoms with E-state index in [2.05, 4.69) is 20.0 Å². The first kappa shape index (κ1) is 25.2. The van der Waals surface area contributed by atoms with Gasteiger partial charge < -0.3 is 5.11 Å². The highest BCUT2D eigenvalue weighted by Crippen LogP contribution is 2.39. The molecule has 5 heterocycles. The van der Waals surface area contributed by atoms with Gasteiger partial charge in [0.2, 0.25) is 0 Å². The molecule has 1 atom stereocenters. The number of aryl methyl sites for hydroxylation is 1. The molecule has 15 heteroatoms. The maximum atomic E-state index is 12.7. The summed E-state index contributed by atoms with van der Waals surface area (Å²) in [5, 5.41) is 17.6. The summed E-state index contributed by atoms with van der Waals surface area (Å²) in [5.74, 6) is -2.04. The summed E-state index contributed by atoms with van der Waals surface area (Å²) < 4.78 is 34.6. The summed E-state index contributed by atoms with van der Waals surface area (Å²) in [4.78, 5) is 45.3. The van der Waals surface area contributed by atoms with Crippen LogP contribution in [0.3, 0.4) is 0 Å². The monoisotopic (exact) mass is 530 g/mol. The van der Waals surface area contributed by atoms with Crippen molar-refractivity contribution in [1.82, 2.24) is 29.2 Å². The van der Waals surface area contributed by atoms with Gasteiger partial charge in [0.05, 0.1) is 23.8 Å². The van der Waals surface area contributed by atoms with Crippen LogP contribution in [0.25, 0.3) is 0 Å². The van der Waals surface area contributed by atoms with Gasteiger partial charge in [-0.15, -0.1) is 22.7 Å². The van der Waals surface area contributed by atoms with E-state index in [-0.39, 0.29) is 12.0 Å². The largest absolute Gasteiger partial charge is 0.490 e. The molecule has 3 aromatic rings. The maximum absolute atomic E-state index is 12.7. The lowest BCUT2D eigenvalue weighted by Crippen LogP contribution is -2.43. The van der Waals surface area contributed by atoms with Gasteiger partial charge in [-0.1, -0.05) is 0 Å². The number of fused-ring (bicyclic) bond motifs is 1. The zero-order valence-electron chi connectivity index (χ0n) is 18.5. The first-order chi connectivity index (χ1) is 16.5. The van der Waals surface area contributed by atoms with Crippen LogP contribution in [0.2, 0.25) is 0 Å². The van der Waals surface area contributed by atoms with Gasteiger partial charge in [-0.25, -0.2) is 19.4 Å². The highest BCUT2D eigenvalue weighted by molar-refractivity contribution is 7.09. The minimum atomic E-state index is -5.08. The SMILES string of the molecule is Cc1nc(Cn2nc3n(c(=O)c2=O)CC2(CCN(Cc4nccs4)C2)C3)cs1.O=C(O)C(F)(F)F. The third-order valence-electron chi connectivity index (χ3n) is 5.82. The second-order valence-electron chi connectivity index (χ2n) is 8.49. The molecule has 0 amide bonds. The van der Waals surface area contributed by atoms with Crippen LogP contribution in [0.4, 0.5) is 13.2 Å². The van der Waals surface area contributed by atoms with Crippen LogP contribution in [0, 0.1) is 12.3 Å². The summed E-state index contributed by atoms with van der Waals surface area (Å²) in [7, 11) is 0. The minimum absolute atomic E-state index is 0.0146. The number of alkyl halides is 3. The molecule has 10 nitrogen and oxygen atoms in total. The van der Waals surface area contributed by atoms with Crippen molar-refractivity contribution in [3.63, 3.8) is 0 Å². The third kappa shape index (κ3) is 5.67. The number of carboxylic acids is 1. The number of carboxylic acid groups (broad SMARTS) is 1. The standard InChI is InChI=1S/C18H20N6O2S2.C2HF3O2/c1-12-20-13(9-28-12)7-24-17(26)16(25)23-11-18(6-14(23)21-24)2-4-22(10-18)8-15-19-3-5-27-15;3-2(4,5)1(6)7/h3,5,9H,2,4,6-8,10-11H2,1H3;(H,6,7). The number of carbonyl (C=O) groups is 1. The minimum Gasteiger partial charge on any atom is -0.475 e. The predicted octanol–water partition coefficient (Wildman–Crippen LogP) is 1.76. The van der Waals surface area contributed by atoms with Crippen molar-refractivity contribution >= 4 is 28.6 Å². The van der Waals surface area contributed by atoms with Crippen LogP contribution in [0.1, 0.15) is 28.0 Å². The van der Waals surface area contributed by atoms with Crippen molar-refractivity contribution in [1.29, 1.82) is 0 Å². The van der Waals surface area contributed by atoms with E-state index in [1.807, 2.05) is 23.9 Å². The average molecular weight is 531 g/mol. The molecule has 0 radical (unpaired) electrons. The third-order valence-corrected chi connectivity index (χ3v) is 7.40. The van der Waals surface area contributed by atoms with Crippen molar-refractivity contribution in [3.8, 4) is 0 Å². The van der Waals surface area contributed by atoms with E-state index in [0.29, 0.717) is 12.4 Å². The predicted molar refractivity (Wildman–Crippen MR) is 121 cm³/mol. The van der Waals surface area contributed by atoms with E-state index >= 15 is 0 Å². The van der Waals surface area contributed by atoms with E-state index in [1.165, 1.54) is 16.0 Å². The number of likely N-dealkylation sites (tertiary alicyclic amines) is 1. The highest BCUT2D eigenvalue weighted by atomic mass is 32.1. The molecule has 3 aromatic heterocycles. The van der Waals surface area contributed by atoms with E-state index in [0.717, 1.165) is 48.2 Å². The average Bonchev–Trinajstić information content (AvgIpc) is 3.56. The first-order valence-corrected chi connectivity index (χ1v) is 12.2.